The van der Waals surface area contributed by atoms with E-state index in [1.807, 2.05) is 0 Å². The van der Waals surface area contributed by atoms with Crippen LogP contribution in [-0.2, 0) is 9.59 Å². The normalized spacial score (nSPS) is 14.7. The highest BCUT2D eigenvalue weighted by molar-refractivity contribution is 6.21. The van der Waals surface area contributed by atoms with Crippen molar-refractivity contribution in [2.75, 3.05) is 49.7 Å². The summed E-state index contributed by atoms with van der Waals surface area (Å²) >= 11 is 22.9. The zero-order chi connectivity index (χ0) is 16.5. The number of carbonyl (C=O) groups is 2. The molecule has 0 aromatic rings. The summed E-state index contributed by atoms with van der Waals surface area (Å²) in [5, 5.41) is 0. The van der Waals surface area contributed by atoms with Gasteiger partial charge in [0.2, 0.25) is 11.6 Å². The van der Waals surface area contributed by atoms with Gasteiger partial charge in [-0.3, -0.25) is 9.59 Å². The summed E-state index contributed by atoms with van der Waals surface area (Å²) in [4.78, 5) is 28.1. The molecule has 1 rings (SSSR count). The van der Waals surface area contributed by atoms with E-state index < -0.39 is 0 Å². The first-order chi connectivity index (χ1) is 10.6. The van der Waals surface area contributed by atoms with Gasteiger partial charge in [0, 0.05) is 61.9 Å². The zero-order valence-corrected chi connectivity index (χ0v) is 15.1. The zero-order valence-electron chi connectivity index (χ0n) is 12.0. The maximum atomic E-state index is 12.3. The maximum Gasteiger partial charge on any atom is 0.204 e. The van der Waals surface area contributed by atoms with Gasteiger partial charge in [0.05, 0.1) is 11.4 Å². The predicted octanol–water partition coefficient (Wildman–Crippen LogP) is 2.47. The van der Waals surface area contributed by atoms with Gasteiger partial charge < -0.3 is 9.80 Å². The van der Waals surface area contributed by atoms with E-state index in [1.54, 1.807) is 9.80 Å². The van der Waals surface area contributed by atoms with Crippen LogP contribution in [0, 0.1) is 0 Å². The predicted molar refractivity (Wildman–Crippen MR) is 92.2 cm³/mol. The van der Waals surface area contributed by atoms with Crippen molar-refractivity contribution in [2.24, 2.45) is 0 Å². The minimum atomic E-state index is -0.237. The van der Waals surface area contributed by atoms with Gasteiger partial charge >= 0.3 is 0 Å². The Morgan fingerprint density at radius 2 is 0.909 bits per heavy atom. The van der Waals surface area contributed by atoms with Crippen LogP contribution in [-0.4, -0.2) is 71.1 Å². The minimum Gasteiger partial charge on any atom is -0.366 e. The number of nitrogens with zero attached hydrogens (tertiary/aromatic N) is 2. The largest absolute Gasteiger partial charge is 0.366 e. The lowest BCUT2D eigenvalue weighted by Gasteiger charge is -2.29. The highest BCUT2D eigenvalue weighted by atomic mass is 35.5. The molecule has 4 nitrogen and oxygen atoms in total. The lowest BCUT2D eigenvalue weighted by atomic mass is 10.0. The molecule has 0 fully saturated rings. The lowest BCUT2D eigenvalue weighted by Crippen LogP contribution is -2.37. The van der Waals surface area contributed by atoms with Crippen LogP contribution in [0.15, 0.2) is 23.5 Å². The Morgan fingerprint density at radius 3 is 1.14 bits per heavy atom. The fourth-order valence-electron chi connectivity index (χ4n) is 2.15. The van der Waals surface area contributed by atoms with Crippen molar-refractivity contribution in [1.29, 1.82) is 0 Å². The first-order valence-corrected chi connectivity index (χ1v) is 8.98. The van der Waals surface area contributed by atoms with Gasteiger partial charge in [-0.15, -0.1) is 46.4 Å². The number of hydrogen-bond donors (Lipinski definition) is 0. The lowest BCUT2D eigenvalue weighted by molar-refractivity contribution is -0.117. The number of alkyl halides is 4. The Kier molecular flexibility index (Phi) is 9.25. The molecule has 22 heavy (non-hydrogen) atoms. The average Bonchev–Trinajstić information content (AvgIpc) is 2.49. The molecule has 0 heterocycles. The van der Waals surface area contributed by atoms with Crippen molar-refractivity contribution in [2.45, 2.75) is 0 Å². The molecule has 0 aromatic carbocycles. The second-order valence-electron chi connectivity index (χ2n) is 4.52. The number of hydrogen-bond acceptors (Lipinski definition) is 4. The molecule has 0 unspecified atom stereocenters. The fraction of sp³-hybridized carbons (Fsp3) is 0.571. The molecule has 0 spiro atoms. The first kappa shape index (κ1) is 19.6. The summed E-state index contributed by atoms with van der Waals surface area (Å²) in [6, 6.07) is 0. The summed E-state index contributed by atoms with van der Waals surface area (Å²) in [5.74, 6) is 0.902. The van der Waals surface area contributed by atoms with E-state index >= 15 is 0 Å². The van der Waals surface area contributed by atoms with Crippen LogP contribution in [0.25, 0.3) is 0 Å². The molecule has 0 radical (unpaired) electrons. The molecular formula is C14H18Cl4N2O2. The van der Waals surface area contributed by atoms with Crippen LogP contribution >= 0.6 is 46.4 Å². The summed E-state index contributed by atoms with van der Waals surface area (Å²) in [5.41, 5.74) is 0.651. The van der Waals surface area contributed by atoms with Crippen molar-refractivity contribution in [3.63, 3.8) is 0 Å². The Hall–Kier alpha value is -0.420. The Bertz CT molecular complexity index is 412. The molecule has 8 heteroatoms. The third-order valence-corrected chi connectivity index (χ3v) is 3.82. The van der Waals surface area contributed by atoms with E-state index in [9.17, 15) is 9.59 Å². The van der Waals surface area contributed by atoms with E-state index in [1.165, 1.54) is 12.2 Å². The van der Waals surface area contributed by atoms with Gasteiger partial charge in [0.25, 0.3) is 0 Å². The fourth-order valence-corrected chi connectivity index (χ4v) is 2.96. The van der Waals surface area contributed by atoms with Crippen LogP contribution in [0.5, 0.6) is 0 Å². The smallest absolute Gasteiger partial charge is 0.204 e. The summed E-state index contributed by atoms with van der Waals surface area (Å²) < 4.78 is 0. The quantitative estimate of drug-likeness (QED) is 0.426. The first-order valence-electron chi connectivity index (χ1n) is 6.84. The average molecular weight is 388 g/mol. The van der Waals surface area contributed by atoms with E-state index in [-0.39, 0.29) is 11.6 Å². The van der Waals surface area contributed by atoms with E-state index in [0.29, 0.717) is 61.1 Å². The Morgan fingerprint density at radius 1 is 0.636 bits per heavy atom. The summed E-state index contributed by atoms with van der Waals surface area (Å²) in [7, 11) is 0. The van der Waals surface area contributed by atoms with Crippen molar-refractivity contribution in [3.8, 4) is 0 Å². The molecule has 0 atom stereocenters. The van der Waals surface area contributed by atoms with E-state index in [2.05, 4.69) is 0 Å². The third kappa shape index (κ3) is 5.34. The maximum absolute atomic E-state index is 12.3. The van der Waals surface area contributed by atoms with Gasteiger partial charge in [-0.05, 0) is 0 Å². The number of allylic oxidation sites excluding steroid dienone is 2. The highest BCUT2D eigenvalue weighted by Crippen LogP contribution is 2.19. The molecule has 0 amide bonds. The van der Waals surface area contributed by atoms with Gasteiger partial charge in [0.15, 0.2) is 0 Å². The standard InChI is InChI=1S/C14H18Cl4N2O2/c15-1-5-19(6-2-16)11-9-14(22)12(10-13(11)21)20(7-3-17)8-4-18/h9-10H,1-8H2. The van der Waals surface area contributed by atoms with Crippen LogP contribution in [0.1, 0.15) is 0 Å². The number of rotatable bonds is 10. The molecule has 0 saturated carbocycles. The van der Waals surface area contributed by atoms with Gasteiger partial charge in [-0.2, -0.15) is 0 Å². The summed E-state index contributed by atoms with van der Waals surface area (Å²) in [6.45, 7) is 1.81. The molecule has 0 saturated heterocycles. The molecular weight excluding hydrogens is 370 g/mol. The van der Waals surface area contributed by atoms with Crippen molar-refractivity contribution in [1.82, 2.24) is 9.80 Å². The van der Waals surface area contributed by atoms with E-state index in [0.717, 1.165) is 0 Å². The molecule has 124 valence electrons. The van der Waals surface area contributed by atoms with Crippen molar-refractivity contribution < 1.29 is 9.59 Å². The van der Waals surface area contributed by atoms with Crippen LogP contribution in [0.3, 0.4) is 0 Å². The second-order valence-corrected chi connectivity index (χ2v) is 6.03. The molecule has 0 aliphatic heterocycles. The minimum absolute atomic E-state index is 0.237. The van der Waals surface area contributed by atoms with Gasteiger partial charge in [0.1, 0.15) is 0 Å². The topological polar surface area (TPSA) is 40.6 Å². The molecule has 0 aromatic heterocycles. The van der Waals surface area contributed by atoms with Crippen LogP contribution in [0.2, 0.25) is 0 Å². The monoisotopic (exact) mass is 386 g/mol. The Balaban J connectivity index is 2.97. The number of carbonyl (C=O) groups excluding carboxylic acids is 2. The van der Waals surface area contributed by atoms with Gasteiger partial charge in [-0.25, -0.2) is 0 Å². The molecule has 1 aliphatic rings. The van der Waals surface area contributed by atoms with Gasteiger partial charge in [-0.1, -0.05) is 0 Å². The van der Waals surface area contributed by atoms with E-state index in [4.69, 9.17) is 46.4 Å². The number of halogens is 4. The Labute approximate surface area is 150 Å². The molecule has 0 bridgehead atoms. The molecule has 0 N–H and O–H groups in total. The van der Waals surface area contributed by atoms with Crippen LogP contribution < -0.4 is 0 Å². The number of ketones is 2. The third-order valence-electron chi connectivity index (χ3n) is 3.14. The van der Waals surface area contributed by atoms with Crippen LogP contribution in [0.4, 0.5) is 0 Å². The second kappa shape index (κ2) is 10.4. The SMILES string of the molecule is O=C1C=C(N(CCCl)CCCl)C(=O)C=C1N(CCCl)CCCl. The highest BCUT2D eigenvalue weighted by Gasteiger charge is 2.26. The van der Waals surface area contributed by atoms with Crippen molar-refractivity contribution in [3.05, 3.63) is 23.5 Å². The summed E-state index contributed by atoms with van der Waals surface area (Å²) in [6.07, 6.45) is 2.68. The van der Waals surface area contributed by atoms with Crippen molar-refractivity contribution >= 4 is 58.0 Å². The molecule has 1 aliphatic carbocycles.